The van der Waals surface area contributed by atoms with Gasteiger partial charge in [-0.1, -0.05) is 5.16 Å². The Labute approximate surface area is 113 Å². The van der Waals surface area contributed by atoms with Crippen LogP contribution in [0.1, 0.15) is 16.9 Å². The number of anilines is 1. The first-order chi connectivity index (χ1) is 9.33. The molecule has 5 nitrogen and oxygen atoms in total. The Hall–Kier alpha value is -2.08. The molecule has 2 N–H and O–H groups in total. The molecular formula is C13H11N3O2S. The number of nitrogens with zero attached hydrogens (tertiary/aromatic N) is 2. The molecule has 0 spiro atoms. The number of aromatic nitrogens is 2. The van der Waals surface area contributed by atoms with E-state index in [0.29, 0.717) is 11.7 Å². The number of rotatable bonds is 2. The first kappa shape index (κ1) is 10.8. The van der Waals surface area contributed by atoms with Gasteiger partial charge >= 0.3 is 0 Å². The average Bonchev–Trinajstić information content (AvgIpc) is 3.11. The fourth-order valence-electron chi connectivity index (χ4n) is 2.49. The average molecular weight is 273 g/mol. The quantitative estimate of drug-likeness (QED) is 0.776. The summed E-state index contributed by atoms with van der Waals surface area (Å²) < 4.78 is 10.4. The van der Waals surface area contributed by atoms with Crippen molar-refractivity contribution < 1.29 is 8.94 Å². The van der Waals surface area contributed by atoms with Crippen LogP contribution in [0.25, 0.3) is 22.8 Å². The van der Waals surface area contributed by atoms with E-state index in [1.807, 2.05) is 0 Å². The SMILES string of the molecule is Nc1sc2c(c1-c1nc(-c3ccoc3)no1)CCC2. The fourth-order valence-corrected chi connectivity index (χ4v) is 3.65. The van der Waals surface area contributed by atoms with Gasteiger partial charge in [0.05, 0.1) is 22.4 Å². The predicted molar refractivity (Wildman–Crippen MR) is 71.8 cm³/mol. The molecule has 0 aliphatic heterocycles. The zero-order valence-corrected chi connectivity index (χ0v) is 10.9. The third kappa shape index (κ3) is 1.60. The molecule has 19 heavy (non-hydrogen) atoms. The van der Waals surface area contributed by atoms with E-state index in [4.69, 9.17) is 14.7 Å². The lowest BCUT2D eigenvalue weighted by molar-refractivity contribution is 0.432. The summed E-state index contributed by atoms with van der Waals surface area (Å²) in [6, 6.07) is 1.80. The Bertz CT molecular complexity index is 727. The van der Waals surface area contributed by atoms with Crippen molar-refractivity contribution in [1.29, 1.82) is 0 Å². The predicted octanol–water partition coefficient (Wildman–Crippen LogP) is 3.13. The van der Waals surface area contributed by atoms with Crippen LogP contribution in [0.5, 0.6) is 0 Å². The standard InChI is InChI=1S/C13H11N3O2S/c14-11-10(8-2-1-3-9(8)19-11)13-15-12(16-18-13)7-4-5-17-6-7/h4-6H,1-3,14H2. The lowest BCUT2D eigenvalue weighted by Crippen LogP contribution is -1.88. The lowest BCUT2D eigenvalue weighted by Gasteiger charge is -1.96. The van der Waals surface area contributed by atoms with Gasteiger partial charge in [-0.15, -0.1) is 11.3 Å². The molecule has 0 aromatic carbocycles. The second-order valence-electron chi connectivity index (χ2n) is 4.53. The number of aryl methyl sites for hydroxylation is 1. The van der Waals surface area contributed by atoms with Gasteiger partial charge in [0, 0.05) is 4.88 Å². The normalized spacial score (nSPS) is 13.9. The van der Waals surface area contributed by atoms with Gasteiger partial charge in [0.2, 0.25) is 5.82 Å². The Balaban J connectivity index is 1.82. The summed E-state index contributed by atoms with van der Waals surface area (Å²) in [5.74, 6) is 1.04. The van der Waals surface area contributed by atoms with Crippen LogP contribution in [0.15, 0.2) is 27.5 Å². The number of fused-ring (bicyclic) bond motifs is 1. The molecule has 1 aliphatic rings. The fraction of sp³-hybridized carbons (Fsp3) is 0.231. The van der Waals surface area contributed by atoms with Gasteiger partial charge in [-0.05, 0) is 30.9 Å². The third-order valence-electron chi connectivity index (χ3n) is 3.37. The van der Waals surface area contributed by atoms with E-state index in [1.165, 1.54) is 16.9 Å². The molecule has 1 aliphatic carbocycles. The van der Waals surface area contributed by atoms with Crippen LogP contribution in [0.3, 0.4) is 0 Å². The van der Waals surface area contributed by atoms with Gasteiger partial charge < -0.3 is 14.7 Å². The number of hydrogen-bond donors (Lipinski definition) is 1. The van der Waals surface area contributed by atoms with Crippen molar-refractivity contribution in [1.82, 2.24) is 10.1 Å². The molecule has 0 bridgehead atoms. The van der Waals surface area contributed by atoms with Gasteiger partial charge in [-0.3, -0.25) is 0 Å². The minimum Gasteiger partial charge on any atom is -0.472 e. The number of nitrogen functional groups attached to an aromatic ring is 1. The first-order valence-electron chi connectivity index (χ1n) is 6.09. The number of hydrogen-bond acceptors (Lipinski definition) is 6. The van der Waals surface area contributed by atoms with Crippen molar-refractivity contribution in [2.24, 2.45) is 0 Å². The van der Waals surface area contributed by atoms with E-state index >= 15 is 0 Å². The maximum Gasteiger partial charge on any atom is 0.261 e. The summed E-state index contributed by atoms with van der Waals surface area (Å²) in [7, 11) is 0. The topological polar surface area (TPSA) is 78.1 Å². The molecule has 3 aromatic heterocycles. The Kier molecular flexibility index (Phi) is 2.25. The van der Waals surface area contributed by atoms with E-state index < -0.39 is 0 Å². The maximum absolute atomic E-state index is 6.08. The van der Waals surface area contributed by atoms with Crippen LogP contribution in [-0.2, 0) is 12.8 Å². The van der Waals surface area contributed by atoms with Crippen molar-refractivity contribution in [2.45, 2.75) is 19.3 Å². The van der Waals surface area contributed by atoms with Crippen LogP contribution in [0, 0.1) is 0 Å². The molecule has 0 fully saturated rings. The van der Waals surface area contributed by atoms with Crippen molar-refractivity contribution in [3.63, 3.8) is 0 Å². The second kappa shape index (κ2) is 3.96. The summed E-state index contributed by atoms with van der Waals surface area (Å²) in [6.07, 6.45) is 6.50. The van der Waals surface area contributed by atoms with Gasteiger partial charge in [0.25, 0.3) is 5.89 Å². The molecule has 0 saturated carbocycles. The molecule has 4 rings (SSSR count). The van der Waals surface area contributed by atoms with Crippen LogP contribution in [-0.4, -0.2) is 10.1 Å². The number of nitrogens with two attached hydrogens (primary N) is 1. The van der Waals surface area contributed by atoms with Crippen molar-refractivity contribution >= 4 is 16.3 Å². The molecule has 3 heterocycles. The minimum absolute atomic E-state index is 0.508. The highest BCUT2D eigenvalue weighted by atomic mass is 32.1. The van der Waals surface area contributed by atoms with Crippen LogP contribution in [0.4, 0.5) is 5.00 Å². The summed E-state index contributed by atoms with van der Waals surface area (Å²) in [5.41, 5.74) is 9.10. The van der Waals surface area contributed by atoms with Crippen molar-refractivity contribution in [2.75, 3.05) is 5.73 Å². The van der Waals surface area contributed by atoms with Crippen molar-refractivity contribution in [3.8, 4) is 22.8 Å². The Morgan fingerprint density at radius 1 is 1.32 bits per heavy atom. The Morgan fingerprint density at radius 2 is 2.26 bits per heavy atom. The summed E-state index contributed by atoms with van der Waals surface area (Å²) in [4.78, 5) is 5.78. The van der Waals surface area contributed by atoms with Gasteiger partial charge in [-0.25, -0.2) is 0 Å². The zero-order valence-electron chi connectivity index (χ0n) is 10.0. The molecule has 0 saturated heterocycles. The zero-order chi connectivity index (χ0) is 12.8. The Morgan fingerprint density at radius 3 is 3.11 bits per heavy atom. The summed E-state index contributed by atoms with van der Waals surface area (Å²) >= 11 is 1.64. The summed E-state index contributed by atoms with van der Waals surface area (Å²) in [5, 5.41) is 4.75. The third-order valence-corrected chi connectivity index (χ3v) is 4.49. The minimum atomic E-state index is 0.508. The number of furan rings is 1. The maximum atomic E-state index is 6.08. The molecule has 3 aromatic rings. The lowest BCUT2D eigenvalue weighted by atomic mass is 10.1. The largest absolute Gasteiger partial charge is 0.472 e. The van der Waals surface area contributed by atoms with E-state index in [-0.39, 0.29) is 0 Å². The molecule has 0 radical (unpaired) electrons. The van der Waals surface area contributed by atoms with E-state index in [2.05, 4.69) is 10.1 Å². The molecule has 0 unspecified atom stereocenters. The second-order valence-corrected chi connectivity index (χ2v) is 5.67. The smallest absolute Gasteiger partial charge is 0.261 e. The highest BCUT2D eigenvalue weighted by Crippen LogP contribution is 2.43. The van der Waals surface area contributed by atoms with Gasteiger partial charge in [-0.2, -0.15) is 4.98 Å². The molecular weight excluding hydrogens is 262 g/mol. The van der Waals surface area contributed by atoms with Crippen LogP contribution in [0.2, 0.25) is 0 Å². The highest BCUT2D eigenvalue weighted by molar-refractivity contribution is 7.16. The van der Waals surface area contributed by atoms with Gasteiger partial charge in [0.15, 0.2) is 0 Å². The number of thiophene rings is 1. The summed E-state index contributed by atoms with van der Waals surface area (Å²) in [6.45, 7) is 0. The van der Waals surface area contributed by atoms with Crippen molar-refractivity contribution in [3.05, 3.63) is 29.0 Å². The molecule has 6 heteroatoms. The monoisotopic (exact) mass is 273 g/mol. The van der Waals surface area contributed by atoms with Crippen LogP contribution >= 0.6 is 11.3 Å². The highest BCUT2D eigenvalue weighted by Gasteiger charge is 2.25. The first-order valence-corrected chi connectivity index (χ1v) is 6.91. The molecule has 96 valence electrons. The van der Waals surface area contributed by atoms with E-state index in [0.717, 1.165) is 29.0 Å². The van der Waals surface area contributed by atoms with E-state index in [9.17, 15) is 0 Å². The molecule has 0 atom stereocenters. The van der Waals surface area contributed by atoms with Crippen LogP contribution < -0.4 is 5.73 Å². The molecule has 0 amide bonds. The van der Waals surface area contributed by atoms with E-state index in [1.54, 1.807) is 29.9 Å². The van der Waals surface area contributed by atoms with Gasteiger partial charge in [0.1, 0.15) is 6.26 Å².